The summed E-state index contributed by atoms with van der Waals surface area (Å²) in [4.78, 5) is 3.49. The summed E-state index contributed by atoms with van der Waals surface area (Å²) in [6.45, 7) is 0. The van der Waals surface area contributed by atoms with Crippen molar-refractivity contribution < 1.29 is 30.9 Å². The zero-order valence-electron chi connectivity index (χ0n) is 18.6. The molecule has 5 rings (SSSR count). The molecule has 34 heavy (non-hydrogen) atoms. The molecule has 6 nitrogen and oxygen atoms in total. The van der Waals surface area contributed by atoms with Crippen molar-refractivity contribution in [3.05, 3.63) is 95.8 Å². The molecule has 0 aliphatic heterocycles. The minimum atomic E-state index is 0. The van der Waals surface area contributed by atoms with Crippen LogP contribution in [0.5, 0.6) is 11.5 Å². The third kappa shape index (κ3) is 4.71. The molecule has 0 bridgehead atoms. The molecule has 0 aliphatic rings. The lowest BCUT2D eigenvalue weighted by atomic mass is 10.1. The molecular weight excluding hydrogens is 516 g/mol. The molecule has 8 heteroatoms. The van der Waals surface area contributed by atoms with Crippen LogP contribution in [0.1, 0.15) is 5.56 Å². The zero-order valence-corrected chi connectivity index (χ0v) is 20.9. The number of ether oxygens (including phenoxy) is 2. The van der Waals surface area contributed by atoms with E-state index in [4.69, 9.17) is 26.2 Å². The number of halogens is 2. The first-order valence-electron chi connectivity index (χ1n) is 10.4. The first kappa shape index (κ1) is 23.6. The maximum Gasteiger partial charge on any atom is 0.391 e. The van der Waals surface area contributed by atoms with Crippen LogP contribution < -0.4 is 30.9 Å². The molecule has 5 aromatic rings. The SMILES string of the molecule is COc1ccc(/C=N/n2cc(-c3ccc(OC)cc3)[n+]3cc(-c4ccc(Cl)cc4)[nH]c23)cc1.[Br-]. The predicted molar refractivity (Wildman–Crippen MR) is 130 cm³/mol. The number of nitrogens with zero attached hydrogens (tertiary/aromatic N) is 3. The Morgan fingerprint density at radius 2 is 1.44 bits per heavy atom. The molecule has 0 fully saturated rings. The highest BCUT2D eigenvalue weighted by atomic mass is 79.9. The van der Waals surface area contributed by atoms with Crippen LogP contribution >= 0.6 is 11.6 Å². The molecular formula is C26H22BrClN4O2. The average Bonchev–Trinajstić information content (AvgIpc) is 3.43. The van der Waals surface area contributed by atoms with Crippen LogP contribution in [-0.4, -0.2) is 30.1 Å². The van der Waals surface area contributed by atoms with Gasteiger partial charge < -0.3 is 26.5 Å². The number of H-pyrrole nitrogens is 1. The van der Waals surface area contributed by atoms with E-state index in [1.807, 2.05) is 89.9 Å². The van der Waals surface area contributed by atoms with Crippen molar-refractivity contribution in [2.24, 2.45) is 5.10 Å². The van der Waals surface area contributed by atoms with Crippen LogP contribution in [-0.2, 0) is 0 Å². The number of nitrogens with one attached hydrogen (secondary N) is 1. The van der Waals surface area contributed by atoms with E-state index in [2.05, 4.69) is 15.6 Å². The maximum absolute atomic E-state index is 6.07. The minimum absolute atomic E-state index is 0. The predicted octanol–water partition coefficient (Wildman–Crippen LogP) is 2.45. The van der Waals surface area contributed by atoms with Crippen LogP contribution in [0.15, 0.2) is 90.3 Å². The second kappa shape index (κ2) is 10.2. The molecule has 3 aromatic carbocycles. The van der Waals surface area contributed by atoms with Crippen molar-refractivity contribution in [1.82, 2.24) is 9.66 Å². The highest BCUT2D eigenvalue weighted by Gasteiger charge is 2.21. The topological polar surface area (TPSA) is 55.6 Å². The molecule has 172 valence electrons. The minimum Gasteiger partial charge on any atom is -1.00 e. The Bertz CT molecular complexity index is 1420. The Balaban J connectivity index is 0.00000274. The summed E-state index contributed by atoms with van der Waals surface area (Å²) in [6, 6.07) is 23.5. The highest BCUT2D eigenvalue weighted by molar-refractivity contribution is 6.30. The van der Waals surface area contributed by atoms with Gasteiger partial charge in [0, 0.05) is 16.1 Å². The summed E-state index contributed by atoms with van der Waals surface area (Å²) in [5.74, 6) is 2.45. The zero-order chi connectivity index (χ0) is 22.8. The Kier molecular flexibility index (Phi) is 7.05. The number of methoxy groups -OCH3 is 2. The van der Waals surface area contributed by atoms with Gasteiger partial charge in [-0.2, -0.15) is 4.40 Å². The molecule has 1 N–H and O–H groups in total. The van der Waals surface area contributed by atoms with Crippen molar-refractivity contribution in [2.75, 3.05) is 14.2 Å². The number of imidazole rings is 2. The van der Waals surface area contributed by atoms with E-state index in [9.17, 15) is 0 Å². The number of benzene rings is 3. The van der Waals surface area contributed by atoms with E-state index in [-0.39, 0.29) is 17.0 Å². The van der Waals surface area contributed by atoms with Crippen molar-refractivity contribution >= 4 is 23.6 Å². The third-order valence-electron chi connectivity index (χ3n) is 5.44. The standard InChI is InChI=1S/C26H21ClN4O2.BrH/c1-32-22-11-3-18(4-12-22)15-28-31-17-25(20-7-13-23(33-2)14-8-20)30-16-24(29-26(30)31)19-5-9-21(27)10-6-19;/h3-17H,1-2H3;1H/b28-15+;. The van der Waals surface area contributed by atoms with Gasteiger partial charge in [0.15, 0.2) is 0 Å². The van der Waals surface area contributed by atoms with Gasteiger partial charge in [0.1, 0.15) is 35.3 Å². The first-order valence-corrected chi connectivity index (χ1v) is 10.8. The van der Waals surface area contributed by atoms with E-state index in [1.54, 1.807) is 14.2 Å². The van der Waals surface area contributed by atoms with E-state index in [1.165, 1.54) is 0 Å². The normalized spacial score (nSPS) is 11.0. The Hall–Kier alpha value is -3.55. The molecule has 0 amide bonds. The largest absolute Gasteiger partial charge is 1.00 e. The van der Waals surface area contributed by atoms with Crippen molar-refractivity contribution in [3.8, 4) is 34.0 Å². The van der Waals surface area contributed by atoms with Gasteiger partial charge in [-0.25, -0.2) is 4.98 Å². The van der Waals surface area contributed by atoms with Gasteiger partial charge in [0.05, 0.1) is 20.4 Å². The lowest BCUT2D eigenvalue weighted by Crippen LogP contribution is -3.00. The lowest BCUT2D eigenvalue weighted by molar-refractivity contribution is -0.496. The fourth-order valence-electron chi connectivity index (χ4n) is 3.65. The molecule has 0 atom stereocenters. The number of fused-ring (bicyclic) bond motifs is 1. The second-order valence-corrected chi connectivity index (χ2v) is 7.91. The van der Waals surface area contributed by atoms with E-state index >= 15 is 0 Å². The number of hydrogen-bond acceptors (Lipinski definition) is 3. The third-order valence-corrected chi connectivity index (χ3v) is 5.69. The number of rotatable bonds is 6. The quantitative estimate of drug-likeness (QED) is 0.267. The summed E-state index contributed by atoms with van der Waals surface area (Å²) in [7, 11) is 3.32. The Morgan fingerprint density at radius 1 is 0.853 bits per heavy atom. The number of hydrogen-bond donors (Lipinski definition) is 1. The number of aromatic nitrogens is 3. The first-order chi connectivity index (χ1) is 16.1. The Labute approximate surface area is 212 Å². The molecule has 0 saturated heterocycles. The summed E-state index contributed by atoms with van der Waals surface area (Å²) in [5, 5.41) is 5.42. The molecule has 0 unspecified atom stereocenters. The van der Waals surface area contributed by atoms with Gasteiger partial charge in [-0.05, 0) is 78.4 Å². The van der Waals surface area contributed by atoms with E-state index in [0.717, 1.165) is 45.4 Å². The Morgan fingerprint density at radius 3 is 2.06 bits per heavy atom. The highest BCUT2D eigenvalue weighted by Crippen LogP contribution is 2.24. The molecule has 2 aromatic heterocycles. The van der Waals surface area contributed by atoms with Crippen LogP contribution in [0.25, 0.3) is 28.3 Å². The van der Waals surface area contributed by atoms with E-state index < -0.39 is 0 Å². The summed E-state index contributed by atoms with van der Waals surface area (Å²) in [5.41, 5.74) is 5.01. The van der Waals surface area contributed by atoms with Crippen molar-refractivity contribution in [2.45, 2.75) is 0 Å². The monoisotopic (exact) mass is 536 g/mol. The fraction of sp³-hybridized carbons (Fsp3) is 0.0769. The molecule has 0 aliphatic carbocycles. The van der Waals surface area contributed by atoms with Gasteiger partial charge in [0.25, 0.3) is 0 Å². The number of aromatic amines is 1. The molecule has 0 saturated carbocycles. The van der Waals surface area contributed by atoms with Crippen LogP contribution in [0, 0.1) is 0 Å². The average molecular weight is 538 g/mol. The molecule has 0 radical (unpaired) electrons. The van der Waals surface area contributed by atoms with Crippen molar-refractivity contribution in [3.63, 3.8) is 0 Å². The summed E-state index contributed by atoms with van der Waals surface area (Å²) < 4.78 is 14.5. The summed E-state index contributed by atoms with van der Waals surface area (Å²) >= 11 is 6.07. The molecule has 0 spiro atoms. The lowest BCUT2D eigenvalue weighted by Gasteiger charge is -2.00. The van der Waals surface area contributed by atoms with E-state index in [0.29, 0.717) is 5.02 Å². The van der Waals surface area contributed by atoms with Crippen molar-refractivity contribution in [1.29, 1.82) is 0 Å². The smallest absolute Gasteiger partial charge is 0.391 e. The summed E-state index contributed by atoms with van der Waals surface area (Å²) in [6.07, 6.45) is 5.89. The van der Waals surface area contributed by atoms with Gasteiger partial charge in [-0.15, -0.1) is 9.78 Å². The van der Waals surface area contributed by atoms with Crippen LogP contribution in [0.4, 0.5) is 0 Å². The molecule has 2 heterocycles. The van der Waals surface area contributed by atoms with Gasteiger partial charge in [0.2, 0.25) is 0 Å². The maximum atomic E-state index is 6.07. The van der Waals surface area contributed by atoms with Crippen LogP contribution in [0.3, 0.4) is 0 Å². The van der Waals surface area contributed by atoms with Gasteiger partial charge in [-0.3, -0.25) is 0 Å². The van der Waals surface area contributed by atoms with Gasteiger partial charge >= 0.3 is 5.78 Å². The second-order valence-electron chi connectivity index (χ2n) is 7.47. The fourth-order valence-corrected chi connectivity index (χ4v) is 3.78. The van der Waals surface area contributed by atoms with Gasteiger partial charge in [-0.1, -0.05) is 11.6 Å². The van der Waals surface area contributed by atoms with Crippen LogP contribution in [0.2, 0.25) is 5.02 Å².